The number of furan rings is 1. The average Bonchev–Trinajstić information content (AvgIpc) is 3.38. The fraction of sp³-hybridized carbons (Fsp3) is 0.174. The van der Waals surface area contributed by atoms with Gasteiger partial charge in [-0.05, 0) is 73.5 Å². The summed E-state index contributed by atoms with van der Waals surface area (Å²) in [5.41, 5.74) is 2.74. The van der Waals surface area contributed by atoms with Crippen molar-refractivity contribution in [2.75, 3.05) is 23.3 Å². The first kappa shape index (κ1) is 19.6. The van der Waals surface area contributed by atoms with Crippen molar-refractivity contribution in [2.24, 2.45) is 0 Å². The molecular weight excluding hydrogens is 407 g/mol. The third-order valence-electron chi connectivity index (χ3n) is 4.78. The molecule has 2 aromatic carbocycles. The number of carbonyl (C=O) groups is 1. The summed E-state index contributed by atoms with van der Waals surface area (Å²) in [6.07, 6.45) is 5.55. The second-order valence-corrected chi connectivity index (χ2v) is 7.80. The molecule has 4 nitrogen and oxygen atoms in total. The molecule has 148 valence electrons. The van der Waals surface area contributed by atoms with Crippen LogP contribution in [0.25, 0.3) is 17.4 Å². The number of carbonyl (C=O) groups excluding carboxylic acids is 1. The number of hydrogen-bond acceptors (Lipinski definition) is 3. The number of halogens is 2. The molecule has 1 aliphatic rings. The molecule has 2 heterocycles. The van der Waals surface area contributed by atoms with Gasteiger partial charge in [0.25, 0.3) is 0 Å². The standard InChI is InChI=1S/C23H20Cl2N2O2/c24-17-13-16(14-18(25)15-17)22-9-7-21(29-22)8-10-23(28)26-19-3-5-20(6-4-19)27-11-1-2-12-27/h3-10,13-15H,1-2,11-12H2,(H,26,28)/b10-8+. The van der Waals surface area contributed by atoms with Gasteiger partial charge in [-0.3, -0.25) is 4.79 Å². The summed E-state index contributed by atoms with van der Waals surface area (Å²) >= 11 is 12.1. The van der Waals surface area contributed by atoms with E-state index < -0.39 is 0 Å². The highest BCUT2D eigenvalue weighted by Crippen LogP contribution is 2.29. The number of amides is 1. The highest BCUT2D eigenvalue weighted by molar-refractivity contribution is 6.35. The molecule has 4 rings (SSSR count). The first-order chi connectivity index (χ1) is 14.1. The van der Waals surface area contributed by atoms with Crippen molar-refractivity contribution in [2.45, 2.75) is 12.8 Å². The smallest absolute Gasteiger partial charge is 0.248 e. The maximum Gasteiger partial charge on any atom is 0.248 e. The molecule has 1 aliphatic heterocycles. The van der Waals surface area contributed by atoms with E-state index in [0.29, 0.717) is 21.6 Å². The Hall–Kier alpha value is -2.69. The van der Waals surface area contributed by atoms with Crippen molar-refractivity contribution in [1.82, 2.24) is 0 Å². The van der Waals surface area contributed by atoms with Crippen molar-refractivity contribution >= 4 is 46.6 Å². The van der Waals surface area contributed by atoms with Gasteiger partial charge >= 0.3 is 0 Å². The molecule has 29 heavy (non-hydrogen) atoms. The molecule has 1 amide bonds. The minimum absolute atomic E-state index is 0.220. The lowest BCUT2D eigenvalue weighted by Gasteiger charge is -2.17. The van der Waals surface area contributed by atoms with Gasteiger partial charge in [0.1, 0.15) is 11.5 Å². The third kappa shape index (κ3) is 5.03. The van der Waals surface area contributed by atoms with Gasteiger partial charge in [-0.15, -0.1) is 0 Å². The van der Waals surface area contributed by atoms with Crippen LogP contribution in [0.2, 0.25) is 10.0 Å². The van der Waals surface area contributed by atoms with Crippen molar-refractivity contribution in [3.8, 4) is 11.3 Å². The van der Waals surface area contributed by atoms with E-state index in [2.05, 4.69) is 10.2 Å². The fourth-order valence-electron chi connectivity index (χ4n) is 3.37. The largest absolute Gasteiger partial charge is 0.457 e. The van der Waals surface area contributed by atoms with Gasteiger partial charge in [-0.2, -0.15) is 0 Å². The third-order valence-corrected chi connectivity index (χ3v) is 5.22. The Labute approximate surface area is 179 Å². The van der Waals surface area contributed by atoms with E-state index in [1.807, 2.05) is 30.3 Å². The number of benzene rings is 2. The molecule has 1 saturated heterocycles. The number of nitrogens with one attached hydrogen (secondary N) is 1. The van der Waals surface area contributed by atoms with Gasteiger partial charge in [0.15, 0.2) is 0 Å². The maximum atomic E-state index is 12.2. The highest BCUT2D eigenvalue weighted by atomic mass is 35.5. The van der Waals surface area contributed by atoms with E-state index in [4.69, 9.17) is 27.6 Å². The van der Waals surface area contributed by atoms with Crippen LogP contribution in [0, 0.1) is 0 Å². The molecule has 1 N–H and O–H groups in total. The molecule has 0 spiro atoms. The number of nitrogens with zero attached hydrogens (tertiary/aromatic N) is 1. The Morgan fingerprint density at radius 1 is 0.966 bits per heavy atom. The molecule has 0 atom stereocenters. The van der Waals surface area contributed by atoms with Crippen LogP contribution >= 0.6 is 23.2 Å². The number of rotatable bonds is 5. The summed E-state index contributed by atoms with van der Waals surface area (Å²) in [4.78, 5) is 14.6. The first-order valence-corrected chi connectivity index (χ1v) is 10.2. The van der Waals surface area contributed by atoms with Crippen molar-refractivity contribution < 1.29 is 9.21 Å². The Morgan fingerprint density at radius 2 is 1.66 bits per heavy atom. The molecule has 0 radical (unpaired) electrons. The topological polar surface area (TPSA) is 45.5 Å². The summed E-state index contributed by atoms with van der Waals surface area (Å²) in [6, 6.07) is 16.8. The van der Waals surface area contributed by atoms with Crippen LogP contribution in [-0.2, 0) is 4.79 Å². The minimum atomic E-state index is -0.220. The molecule has 1 aromatic heterocycles. The molecule has 3 aromatic rings. The monoisotopic (exact) mass is 426 g/mol. The summed E-state index contributed by atoms with van der Waals surface area (Å²) < 4.78 is 5.76. The van der Waals surface area contributed by atoms with E-state index in [-0.39, 0.29) is 5.91 Å². The van der Waals surface area contributed by atoms with E-state index in [1.54, 1.807) is 30.3 Å². The van der Waals surface area contributed by atoms with Crippen molar-refractivity contribution in [3.05, 3.63) is 76.5 Å². The summed E-state index contributed by atoms with van der Waals surface area (Å²) in [7, 11) is 0. The van der Waals surface area contributed by atoms with Crippen LogP contribution in [0.5, 0.6) is 0 Å². The molecule has 6 heteroatoms. The quantitative estimate of drug-likeness (QED) is 0.473. The molecule has 1 fully saturated rings. The Balaban J connectivity index is 1.38. The van der Waals surface area contributed by atoms with Gasteiger partial charge < -0.3 is 14.6 Å². The SMILES string of the molecule is O=C(/C=C/c1ccc(-c2cc(Cl)cc(Cl)c2)o1)Nc1ccc(N2CCCC2)cc1. The summed E-state index contributed by atoms with van der Waals surface area (Å²) in [5, 5.41) is 3.94. The molecular formula is C23H20Cl2N2O2. The fourth-order valence-corrected chi connectivity index (χ4v) is 3.89. The van der Waals surface area contributed by atoms with Crippen LogP contribution in [0.15, 0.2) is 65.1 Å². The van der Waals surface area contributed by atoms with E-state index in [1.165, 1.54) is 24.6 Å². The molecule has 0 aliphatic carbocycles. The second-order valence-electron chi connectivity index (χ2n) is 6.92. The van der Waals surface area contributed by atoms with E-state index >= 15 is 0 Å². The Bertz CT molecular complexity index is 1020. The Kier molecular flexibility index (Phi) is 5.93. The highest BCUT2D eigenvalue weighted by Gasteiger charge is 2.12. The van der Waals surface area contributed by atoms with Crippen LogP contribution in [-0.4, -0.2) is 19.0 Å². The van der Waals surface area contributed by atoms with Gasteiger partial charge in [0.2, 0.25) is 5.91 Å². The van der Waals surface area contributed by atoms with Crippen LogP contribution in [0.1, 0.15) is 18.6 Å². The summed E-state index contributed by atoms with van der Waals surface area (Å²) in [6.45, 7) is 2.20. The lowest BCUT2D eigenvalue weighted by atomic mass is 10.2. The maximum absolute atomic E-state index is 12.2. The van der Waals surface area contributed by atoms with Gasteiger partial charge in [-0.1, -0.05) is 23.2 Å². The average molecular weight is 427 g/mol. The lowest BCUT2D eigenvalue weighted by molar-refractivity contribution is -0.111. The van der Waals surface area contributed by atoms with Crippen LogP contribution in [0.3, 0.4) is 0 Å². The predicted octanol–water partition coefficient (Wildman–Crippen LogP) is 6.51. The molecule has 0 unspecified atom stereocenters. The van der Waals surface area contributed by atoms with Gasteiger partial charge in [-0.25, -0.2) is 0 Å². The molecule has 0 bridgehead atoms. The van der Waals surface area contributed by atoms with Crippen molar-refractivity contribution in [3.63, 3.8) is 0 Å². The number of hydrogen-bond donors (Lipinski definition) is 1. The van der Waals surface area contributed by atoms with E-state index in [0.717, 1.165) is 24.3 Å². The van der Waals surface area contributed by atoms with Crippen molar-refractivity contribution in [1.29, 1.82) is 0 Å². The zero-order valence-corrected chi connectivity index (χ0v) is 17.2. The lowest BCUT2D eigenvalue weighted by Crippen LogP contribution is -2.17. The summed E-state index contributed by atoms with van der Waals surface area (Å²) in [5.74, 6) is 0.977. The van der Waals surface area contributed by atoms with Gasteiger partial charge in [0, 0.05) is 46.1 Å². The minimum Gasteiger partial charge on any atom is -0.457 e. The second kappa shape index (κ2) is 8.76. The predicted molar refractivity (Wildman–Crippen MR) is 120 cm³/mol. The Morgan fingerprint density at radius 3 is 2.34 bits per heavy atom. The van der Waals surface area contributed by atoms with Gasteiger partial charge in [0.05, 0.1) is 0 Å². The zero-order chi connectivity index (χ0) is 20.2. The van der Waals surface area contributed by atoms with E-state index in [9.17, 15) is 4.79 Å². The molecule has 0 saturated carbocycles. The first-order valence-electron chi connectivity index (χ1n) is 9.47. The number of anilines is 2. The van der Waals surface area contributed by atoms with Crippen LogP contribution in [0.4, 0.5) is 11.4 Å². The normalized spacial score (nSPS) is 13.9. The zero-order valence-electron chi connectivity index (χ0n) is 15.7. The van der Waals surface area contributed by atoms with Crippen LogP contribution < -0.4 is 10.2 Å².